The van der Waals surface area contributed by atoms with E-state index in [9.17, 15) is 9.18 Å². The zero-order valence-corrected chi connectivity index (χ0v) is 19.1. The van der Waals surface area contributed by atoms with E-state index in [1.807, 2.05) is 18.3 Å². The van der Waals surface area contributed by atoms with E-state index in [2.05, 4.69) is 21.7 Å². The Morgan fingerprint density at radius 2 is 1.84 bits per heavy atom. The number of carbonyl (C=O) groups excluding carboxylic acids is 1. The minimum Gasteiger partial charge on any atom is -0.495 e. The number of hydrogen-bond acceptors (Lipinski definition) is 6. The number of piperazine rings is 2. The molecule has 0 aliphatic carbocycles. The van der Waals surface area contributed by atoms with Gasteiger partial charge in [-0.15, -0.1) is 0 Å². The topological polar surface area (TPSA) is 62.0 Å². The summed E-state index contributed by atoms with van der Waals surface area (Å²) in [5, 5.41) is 0.375. The second-order valence-corrected chi connectivity index (χ2v) is 8.96. The highest BCUT2D eigenvalue weighted by molar-refractivity contribution is 6.32. The van der Waals surface area contributed by atoms with Gasteiger partial charge < -0.3 is 20.3 Å². The van der Waals surface area contributed by atoms with E-state index < -0.39 is 0 Å². The van der Waals surface area contributed by atoms with Crippen molar-refractivity contribution in [1.82, 2.24) is 14.7 Å². The summed E-state index contributed by atoms with van der Waals surface area (Å²) in [6, 6.07) is 10.3. The van der Waals surface area contributed by atoms with Gasteiger partial charge in [0.1, 0.15) is 11.6 Å². The second kappa shape index (κ2) is 9.48. The van der Waals surface area contributed by atoms with Crippen molar-refractivity contribution in [3.05, 3.63) is 70.6 Å². The van der Waals surface area contributed by atoms with Crippen LogP contribution in [0.4, 0.5) is 10.1 Å². The first-order chi connectivity index (χ1) is 15.3. The van der Waals surface area contributed by atoms with Crippen LogP contribution in [0.2, 0.25) is 5.02 Å². The van der Waals surface area contributed by atoms with Gasteiger partial charge >= 0.3 is 0 Å². The molecular formula is C24H28ClFN4O2. The largest absolute Gasteiger partial charge is 0.495 e. The van der Waals surface area contributed by atoms with Gasteiger partial charge in [-0.25, -0.2) is 4.39 Å². The number of ether oxygens (including phenoxy) is 1. The Kier molecular flexibility index (Phi) is 6.69. The maximum Gasteiger partial charge on any atom is 0.189 e. The molecule has 2 heterocycles. The third kappa shape index (κ3) is 4.90. The van der Waals surface area contributed by atoms with E-state index >= 15 is 0 Å². The molecule has 0 radical (unpaired) electrons. The van der Waals surface area contributed by atoms with Crippen molar-refractivity contribution in [2.45, 2.75) is 18.6 Å². The lowest BCUT2D eigenvalue weighted by Gasteiger charge is -2.52. The van der Waals surface area contributed by atoms with E-state index in [1.165, 1.54) is 19.2 Å². The molecule has 0 saturated carbocycles. The zero-order valence-electron chi connectivity index (χ0n) is 18.3. The number of ketones is 1. The molecule has 170 valence electrons. The number of fused-ring (bicyclic) bond motifs is 2. The van der Waals surface area contributed by atoms with Gasteiger partial charge in [0.05, 0.1) is 24.2 Å². The first kappa shape index (κ1) is 22.6. The van der Waals surface area contributed by atoms with Crippen LogP contribution in [0, 0.1) is 5.82 Å². The fourth-order valence-electron chi connectivity index (χ4n) is 4.66. The summed E-state index contributed by atoms with van der Waals surface area (Å²) >= 11 is 6.09. The fraction of sp³-hybridized carbons (Fsp3) is 0.375. The lowest BCUT2D eigenvalue weighted by atomic mass is 10.00. The number of carbonyl (C=O) groups is 1. The lowest BCUT2D eigenvalue weighted by Crippen LogP contribution is -2.66. The molecule has 8 heteroatoms. The summed E-state index contributed by atoms with van der Waals surface area (Å²) in [6.45, 7) is 4.34. The molecule has 2 aromatic carbocycles. The van der Waals surface area contributed by atoms with Gasteiger partial charge in [-0.3, -0.25) is 9.69 Å². The highest BCUT2D eigenvalue weighted by Crippen LogP contribution is 2.30. The van der Waals surface area contributed by atoms with Crippen molar-refractivity contribution in [2.75, 3.05) is 46.1 Å². The van der Waals surface area contributed by atoms with Gasteiger partial charge in [-0.05, 0) is 36.9 Å². The van der Waals surface area contributed by atoms with E-state index in [0.717, 1.165) is 38.3 Å². The van der Waals surface area contributed by atoms with Crippen LogP contribution in [0.1, 0.15) is 15.9 Å². The SMILES string of the molecule is COc1cc(C(=O)C=CN2C3CN(C)CC2CN(Cc2ccc(F)cc2)C3)c(N)cc1Cl. The standard InChI is InChI=1S/C24H28ClFN4O2/c1-28-12-18-14-29(11-16-3-5-17(26)6-4-16)15-19(13-28)30(18)8-7-23(31)20-9-24(32-2)21(25)10-22(20)27/h3-10,18-19H,11-15,27H2,1-2H3. The maximum absolute atomic E-state index is 13.2. The quantitative estimate of drug-likeness (QED) is 0.407. The van der Waals surface area contributed by atoms with E-state index in [1.54, 1.807) is 18.2 Å². The smallest absolute Gasteiger partial charge is 0.189 e. The van der Waals surface area contributed by atoms with Gasteiger partial charge in [0, 0.05) is 56.3 Å². The van der Waals surface area contributed by atoms with Crippen LogP contribution < -0.4 is 10.5 Å². The maximum atomic E-state index is 13.2. The molecule has 2 fully saturated rings. The molecular weight excluding hydrogens is 431 g/mol. The molecule has 32 heavy (non-hydrogen) atoms. The van der Waals surface area contributed by atoms with Crippen LogP contribution in [0.5, 0.6) is 5.75 Å². The molecule has 2 saturated heterocycles. The predicted molar refractivity (Wildman–Crippen MR) is 124 cm³/mol. The zero-order chi connectivity index (χ0) is 22.8. The molecule has 2 aliphatic rings. The number of allylic oxidation sites excluding steroid dienone is 1. The minimum atomic E-state index is -0.217. The number of anilines is 1. The molecule has 2 aromatic rings. The Balaban J connectivity index is 1.47. The van der Waals surface area contributed by atoms with Gasteiger partial charge in [0.25, 0.3) is 0 Å². The van der Waals surface area contributed by atoms with Crippen molar-refractivity contribution < 1.29 is 13.9 Å². The molecule has 0 amide bonds. The average Bonchev–Trinajstić information content (AvgIpc) is 2.74. The molecule has 2 N–H and O–H groups in total. The summed E-state index contributed by atoms with van der Waals surface area (Å²) in [5.41, 5.74) is 7.82. The lowest BCUT2D eigenvalue weighted by molar-refractivity contribution is -0.0107. The molecule has 2 aliphatic heterocycles. The number of rotatable bonds is 6. The Morgan fingerprint density at radius 3 is 2.47 bits per heavy atom. The highest BCUT2D eigenvalue weighted by Gasteiger charge is 2.37. The number of hydrogen-bond donors (Lipinski definition) is 1. The predicted octanol–water partition coefficient (Wildman–Crippen LogP) is 3.27. The summed E-state index contributed by atoms with van der Waals surface area (Å²) in [6.07, 6.45) is 3.49. The number of halogens is 2. The Hall–Kier alpha value is -2.61. The van der Waals surface area contributed by atoms with Crippen molar-refractivity contribution in [2.24, 2.45) is 0 Å². The molecule has 2 bridgehead atoms. The molecule has 0 aromatic heterocycles. The van der Waals surface area contributed by atoms with Crippen LogP contribution in [0.3, 0.4) is 0 Å². The third-order valence-corrected chi connectivity index (χ3v) is 6.43. The fourth-order valence-corrected chi connectivity index (χ4v) is 4.91. The van der Waals surface area contributed by atoms with Crippen LogP contribution in [-0.4, -0.2) is 72.9 Å². The van der Waals surface area contributed by atoms with Crippen molar-refractivity contribution in [1.29, 1.82) is 0 Å². The molecule has 2 unspecified atom stereocenters. The normalized spacial score (nSPS) is 21.8. The number of methoxy groups -OCH3 is 1. The van der Waals surface area contributed by atoms with Gasteiger partial charge in [-0.2, -0.15) is 0 Å². The van der Waals surface area contributed by atoms with Gasteiger partial charge in [0.15, 0.2) is 5.78 Å². The Labute approximate surface area is 193 Å². The summed E-state index contributed by atoms with van der Waals surface area (Å²) < 4.78 is 18.4. The van der Waals surface area contributed by atoms with Crippen LogP contribution in [-0.2, 0) is 6.54 Å². The number of benzene rings is 2. The first-order valence-corrected chi connectivity index (χ1v) is 11.0. The van der Waals surface area contributed by atoms with E-state index in [0.29, 0.717) is 22.0 Å². The number of nitrogens with two attached hydrogens (primary N) is 1. The number of nitrogen functional groups attached to an aromatic ring is 1. The van der Waals surface area contributed by atoms with Crippen LogP contribution in [0.25, 0.3) is 0 Å². The van der Waals surface area contributed by atoms with Gasteiger partial charge in [0.2, 0.25) is 0 Å². The monoisotopic (exact) mass is 458 g/mol. The average molecular weight is 459 g/mol. The molecule has 0 spiro atoms. The summed E-state index contributed by atoms with van der Waals surface area (Å²) in [4.78, 5) is 19.9. The van der Waals surface area contributed by atoms with E-state index in [4.69, 9.17) is 22.1 Å². The van der Waals surface area contributed by atoms with Crippen molar-refractivity contribution in [3.63, 3.8) is 0 Å². The van der Waals surface area contributed by atoms with Crippen LogP contribution >= 0.6 is 11.6 Å². The van der Waals surface area contributed by atoms with E-state index in [-0.39, 0.29) is 23.7 Å². The summed E-state index contributed by atoms with van der Waals surface area (Å²) in [5.74, 6) is 0.0222. The molecule has 4 rings (SSSR count). The Bertz CT molecular complexity index is 998. The second-order valence-electron chi connectivity index (χ2n) is 8.55. The number of likely N-dealkylation sites (N-methyl/N-ethyl adjacent to an activating group) is 1. The van der Waals surface area contributed by atoms with Crippen LogP contribution in [0.15, 0.2) is 48.7 Å². The number of nitrogens with zero attached hydrogens (tertiary/aromatic N) is 3. The molecule has 2 atom stereocenters. The van der Waals surface area contributed by atoms with Gasteiger partial charge in [-0.1, -0.05) is 23.7 Å². The molecule has 6 nitrogen and oxygen atoms in total. The van der Waals surface area contributed by atoms with Crippen molar-refractivity contribution >= 4 is 23.1 Å². The third-order valence-electron chi connectivity index (χ3n) is 6.13. The summed E-state index contributed by atoms with van der Waals surface area (Å²) in [7, 11) is 3.63. The minimum absolute atomic E-state index is 0.183. The highest BCUT2D eigenvalue weighted by atomic mass is 35.5. The van der Waals surface area contributed by atoms with Crippen molar-refractivity contribution in [3.8, 4) is 5.75 Å². The Morgan fingerprint density at radius 1 is 1.19 bits per heavy atom. The first-order valence-electron chi connectivity index (χ1n) is 10.6.